The fourth-order valence-corrected chi connectivity index (χ4v) is 2.49. The minimum Gasteiger partial charge on any atom is -0.375 e. The van der Waals surface area contributed by atoms with Crippen LogP contribution in [0.1, 0.15) is 22.8 Å². The van der Waals surface area contributed by atoms with Gasteiger partial charge >= 0.3 is 0 Å². The summed E-state index contributed by atoms with van der Waals surface area (Å²) in [5, 5.41) is 3.47. The lowest BCUT2D eigenvalue weighted by atomic mass is 10.0. The number of methoxy groups -OCH3 is 1. The van der Waals surface area contributed by atoms with Gasteiger partial charge in [-0.25, -0.2) is 0 Å². The third kappa shape index (κ3) is 4.95. The van der Waals surface area contributed by atoms with E-state index < -0.39 is 0 Å². The highest BCUT2D eigenvalue weighted by Gasteiger charge is 2.13. The number of halogens is 1. The van der Waals surface area contributed by atoms with Gasteiger partial charge in [0.1, 0.15) is 0 Å². The van der Waals surface area contributed by atoms with Crippen LogP contribution in [0.25, 0.3) is 6.08 Å². The Morgan fingerprint density at radius 3 is 2.61 bits per heavy atom. The maximum absolute atomic E-state index is 12.0. The maximum atomic E-state index is 12.0. The average Bonchev–Trinajstić information content (AvgIpc) is 2.56. The van der Waals surface area contributed by atoms with Crippen molar-refractivity contribution in [3.05, 3.63) is 76.3 Å². The van der Waals surface area contributed by atoms with E-state index in [1.54, 1.807) is 19.3 Å². The summed E-state index contributed by atoms with van der Waals surface area (Å²) in [4.78, 5) is 12.0. The van der Waals surface area contributed by atoms with E-state index in [4.69, 9.17) is 16.3 Å². The Balaban J connectivity index is 1.95. The molecule has 4 heteroatoms. The van der Waals surface area contributed by atoms with Gasteiger partial charge in [0.15, 0.2) is 0 Å². The van der Waals surface area contributed by atoms with Crippen LogP contribution in [0.2, 0.25) is 5.02 Å². The molecule has 0 radical (unpaired) electrons. The molecular weight excluding hydrogens is 310 g/mol. The summed E-state index contributed by atoms with van der Waals surface area (Å²) < 4.78 is 5.49. The molecule has 0 aromatic heterocycles. The first-order chi connectivity index (χ1) is 11.1. The van der Waals surface area contributed by atoms with Crippen molar-refractivity contribution in [2.24, 2.45) is 0 Å². The lowest BCUT2D eigenvalue weighted by Gasteiger charge is -2.18. The Hall–Kier alpha value is -2.10. The third-order valence-corrected chi connectivity index (χ3v) is 3.95. The summed E-state index contributed by atoms with van der Waals surface area (Å²) in [6, 6.07) is 15.4. The van der Waals surface area contributed by atoms with Gasteiger partial charge in [-0.05, 0) is 35.8 Å². The molecular formula is C19H20ClNO2. The normalized spacial score (nSPS) is 12.3. The number of carbonyl (C=O) groups excluding carboxylic acids is 1. The van der Waals surface area contributed by atoms with Gasteiger partial charge in [0, 0.05) is 24.8 Å². The standard InChI is InChI=1S/C19H20ClNO2/c1-14-7-3-5-9-16(14)18(23-2)13-21-19(22)12-11-15-8-4-6-10-17(15)20/h3-12,18H,13H2,1-2H3,(H,21,22). The largest absolute Gasteiger partial charge is 0.375 e. The van der Waals surface area contributed by atoms with Crippen LogP contribution < -0.4 is 5.32 Å². The highest BCUT2D eigenvalue weighted by molar-refractivity contribution is 6.32. The molecule has 23 heavy (non-hydrogen) atoms. The van der Waals surface area contributed by atoms with E-state index in [9.17, 15) is 4.79 Å². The zero-order chi connectivity index (χ0) is 16.7. The molecule has 0 aliphatic carbocycles. The molecule has 0 heterocycles. The summed E-state index contributed by atoms with van der Waals surface area (Å²) in [7, 11) is 1.64. The second-order valence-corrected chi connectivity index (χ2v) is 5.59. The Labute approximate surface area is 141 Å². The van der Waals surface area contributed by atoms with Crippen molar-refractivity contribution < 1.29 is 9.53 Å². The minimum absolute atomic E-state index is 0.172. The van der Waals surface area contributed by atoms with Crippen molar-refractivity contribution in [2.75, 3.05) is 13.7 Å². The Kier molecular flexibility index (Phi) is 6.39. The number of hydrogen-bond acceptors (Lipinski definition) is 2. The molecule has 1 atom stereocenters. The molecule has 0 aliphatic rings. The Morgan fingerprint density at radius 2 is 1.91 bits per heavy atom. The number of ether oxygens (including phenoxy) is 1. The van der Waals surface area contributed by atoms with E-state index in [0.717, 1.165) is 16.7 Å². The first-order valence-electron chi connectivity index (χ1n) is 7.40. The van der Waals surface area contributed by atoms with Gasteiger partial charge in [0.2, 0.25) is 5.91 Å². The number of rotatable bonds is 6. The zero-order valence-corrected chi connectivity index (χ0v) is 14.0. The van der Waals surface area contributed by atoms with Gasteiger partial charge in [-0.3, -0.25) is 4.79 Å². The molecule has 0 saturated carbocycles. The van der Waals surface area contributed by atoms with E-state index in [1.807, 2.05) is 49.4 Å². The number of nitrogens with one attached hydrogen (secondary N) is 1. The number of aryl methyl sites for hydroxylation is 1. The highest BCUT2D eigenvalue weighted by Crippen LogP contribution is 2.19. The summed E-state index contributed by atoms with van der Waals surface area (Å²) in [5.41, 5.74) is 3.03. The van der Waals surface area contributed by atoms with E-state index in [1.165, 1.54) is 6.08 Å². The van der Waals surface area contributed by atoms with Gasteiger partial charge < -0.3 is 10.1 Å². The Morgan fingerprint density at radius 1 is 1.22 bits per heavy atom. The minimum atomic E-state index is -0.180. The molecule has 0 saturated heterocycles. The fraction of sp³-hybridized carbons (Fsp3) is 0.211. The molecule has 0 spiro atoms. The molecule has 0 bridgehead atoms. The fourth-order valence-electron chi connectivity index (χ4n) is 2.30. The van der Waals surface area contributed by atoms with Crippen LogP contribution in [0.15, 0.2) is 54.6 Å². The molecule has 0 fully saturated rings. The summed E-state index contributed by atoms with van der Waals surface area (Å²) in [6.45, 7) is 2.44. The second kappa shape index (κ2) is 8.51. The lowest BCUT2D eigenvalue weighted by Crippen LogP contribution is -2.27. The van der Waals surface area contributed by atoms with Crippen molar-refractivity contribution >= 4 is 23.6 Å². The van der Waals surface area contributed by atoms with E-state index in [2.05, 4.69) is 5.32 Å². The number of carbonyl (C=O) groups is 1. The first-order valence-corrected chi connectivity index (χ1v) is 7.78. The molecule has 2 rings (SSSR count). The molecule has 2 aromatic carbocycles. The monoisotopic (exact) mass is 329 g/mol. The summed E-state index contributed by atoms with van der Waals surface area (Å²) in [5.74, 6) is -0.180. The quantitative estimate of drug-likeness (QED) is 0.808. The molecule has 1 unspecified atom stereocenters. The average molecular weight is 330 g/mol. The highest BCUT2D eigenvalue weighted by atomic mass is 35.5. The van der Waals surface area contributed by atoms with Gasteiger partial charge in [0.25, 0.3) is 0 Å². The first kappa shape index (κ1) is 17.3. The molecule has 120 valence electrons. The smallest absolute Gasteiger partial charge is 0.244 e. The number of benzene rings is 2. The van der Waals surface area contributed by atoms with Crippen LogP contribution in [-0.2, 0) is 9.53 Å². The topological polar surface area (TPSA) is 38.3 Å². The molecule has 1 N–H and O–H groups in total. The predicted molar refractivity (Wildman–Crippen MR) is 94.4 cm³/mol. The molecule has 3 nitrogen and oxygen atoms in total. The lowest BCUT2D eigenvalue weighted by molar-refractivity contribution is -0.117. The van der Waals surface area contributed by atoms with E-state index in [-0.39, 0.29) is 12.0 Å². The van der Waals surface area contributed by atoms with Gasteiger partial charge in [0.05, 0.1) is 6.10 Å². The van der Waals surface area contributed by atoms with Crippen molar-refractivity contribution in [3.63, 3.8) is 0 Å². The molecule has 1 amide bonds. The third-order valence-electron chi connectivity index (χ3n) is 3.60. The number of hydrogen-bond donors (Lipinski definition) is 1. The van der Waals surface area contributed by atoms with Crippen molar-refractivity contribution in [1.82, 2.24) is 5.32 Å². The van der Waals surface area contributed by atoms with Crippen molar-refractivity contribution in [2.45, 2.75) is 13.0 Å². The van der Waals surface area contributed by atoms with Gasteiger partial charge in [-0.15, -0.1) is 0 Å². The van der Waals surface area contributed by atoms with Crippen LogP contribution in [0.4, 0.5) is 0 Å². The van der Waals surface area contributed by atoms with Crippen LogP contribution in [0, 0.1) is 6.92 Å². The molecule has 0 aliphatic heterocycles. The van der Waals surface area contributed by atoms with Crippen LogP contribution in [0.5, 0.6) is 0 Å². The SMILES string of the molecule is COC(CNC(=O)C=Cc1ccccc1Cl)c1ccccc1C. The number of amides is 1. The van der Waals surface area contributed by atoms with Crippen LogP contribution >= 0.6 is 11.6 Å². The van der Waals surface area contributed by atoms with Gasteiger partial charge in [-0.2, -0.15) is 0 Å². The van der Waals surface area contributed by atoms with Crippen molar-refractivity contribution in [1.29, 1.82) is 0 Å². The summed E-state index contributed by atoms with van der Waals surface area (Å²) in [6.07, 6.45) is 3.01. The molecule has 2 aromatic rings. The predicted octanol–water partition coefficient (Wildman–Crippen LogP) is 4.17. The van der Waals surface area contributed by atoms with Crippen LogP contribution in [0.3, 0.4) is 0 Å². The van der Waals surface area contributed by atoms with Crippen LogP contribution in [-0.4, -0.2) is 19.6 Å². The second-order valence-electron chi connectivity index (χ2n) is 5.18. The summed E-state index contributed by atoms with van der Waals surface area (Å²) >= 11 is 6.05. The van der Waals surface area contributed by atoms with E-state index in [0.29, 0.717) is 11.6 Å². The van der Waals surface area contributed by atoms with E-state index >= 15 is 0 Å². The Bertz CT molecular complexity index is 697. The maximum Gasteiger partial charge on any atom is 0.244 e. The van der Waals surface area contributed by atoms with Crippen molar-refractivity contribution in [3.8, 4) is 0 Å². The van der Waals surface area contributed by atoms with Gasteiger partial charge in [-0.1, -0.05) is 54.1 Å². The zero-order valence-electron chi connectivity index (χ0n) is 13.3.